The fourth-order valence-corrected chi connectivity index (χ4v) is 3.23. The lowest BCUT2D eigenvalue weighted by atomic mass is 9.98. The highest BCUT2D eigenvalue weighted by Crippen LogP contribution is 2.34. The molecule has 15 heavy (non-hydrogen) atoms. The summed E-state index contributed by atoms with van der Waals surface area (Å²) < 4.78 is 12.8. The Morgan fingerprint density at radius 2 is 2.20 bits per heavy atom. The van der Waals surface area contributed by atoms with Gasteiger partial charge in [-0.1, -0.05) is 33.6 Å². The maximum absolute atomic E-state index is 12.8. The summed E-state index contributed by atoms with van der Waals surface area (Å²) in [4.78, 5) is 0.654. The van der Waals surface area contributed by atoms with E-state index in [2.05, 4.69) is 15.9 Å². The fourth-order valence-electron chi connectivity index (χ4n) is 2.20. The van der Waals surface area contributed by atoms with Crippen LogP contribution in [0.1, 0.15) is 24.8 Å². The molecule has 1 aromatic carbocycles. The standard InChI is InChI=1S/C12H13BrClF/c13-10-3-1-8(6-10)5-9-2-4-11(15)7-12(9)14/h2,4,7-8,10H,1,3,5-6H2. The molecule has 1 aliphatic carbocycles. The smallest absolute Gasteiger partial charge is 0.124 e. The molecule has 1 aliphatic rings. The lowest BCUT2D eigenvalue weighted by Gasteiger charge is -2.10. The molecule has 3 heteroatoms. The summed E-state index contributed by atoms with van der Waals surface area (Å²) in [5.41, 5.74) is 1.07. The van der Waals surface area contributed by atoms with Crippen LogP contribution < -0.4 is 0 Å². The average Bonchev–Trinajstić information content (AvgIpc) is 2.56. The number of hydrogen-bond acceptors (Lipinski definition) is 0. The molecular weight excluding hydrogens is 278 g/mol. The number of rotatable bonds is 2. The molecule has 2 rings (SSSR count). The van der Waals surface area contributed by atoms with Crippen molar-refractivity contribution in [2.24, 2.45) is 5.92 Å². The van der Waals surface area contributed by atoms with Crippen molar-refractivity contribution in [3.63, 3.8) is 0 Å². The molecule has 0 radical (unpaired) electrons. The average molecular weight is 292 g/mol. The van der Waals surface area contributed by atoms with Gasteiger partial charge in [-0.25, -0.2) is 4.39 Å². The Bertz CT molecular complexity index is 353. The minimum Gasteiger partial charge on any atom is -0.207 e. The maximum atomic E-state index is 12.8. The van der Waals surface area contributed by atoms with Crippen LogP contribution in [0.3, 0.4) is 0 Å². The third-order valence-electron chi connectivity index (χ3n) is 3.00. The topological polar surface area (TPSA) is 0 Å². The zero-order valence-corrected chi connectivity index (χ0v) is 10.7. The first-order valence-corrected chi connectivity index (χ1v) is 6.52. The Labute approximate surface area is 103 Å². The van der Waals surface area contributed by atoms with Crippen molar-refractivity contribution in [2.45, 2.75) is 30.5 Å². The minimum atomic E-state index is -0.256. The number of alkyl halides is 1. The molecular formula is C12H13BrClF. The molecule has 0 aliphatic heterocycles. The van der Waals surface area contributed by atoms with Crippen LogP contribution in [-0.2, 0) is 6.42 Å². The molecule has 0 N–H and O–H groups in total. The highest BCUT2D eigenvalue weighted by molar-refractivity contribution is 9.09. The van der Waals surface area contributed by atoms with Crippen LogP contribution in [0.5, 0.6) is 0 Å². The Hall–Kier alpha value is -0.0800. The van der Waals surface area contributed by atoms with E-state index in [1.165, 1.54) is 31.4 Å². The molecule has 0 spiro atoms. The molecule has 0 heterocycles. The van der Waals surface area contributed by atoms with Gasteiger partial charge in [-0.3, -0.25) is 0 Å². The number of halogens is 3. The van der Waals surface area contributed by atoms with E-state index in [0.717, 1.165) is 12.0 Å². The summed E-state index contributed by atoms with van der Waals surface area (Å²) in [5.74, 6) is 0.436. The molecule has 0 aromatic heterocycles. The molecule has 82 valence electrons. The Balaban J connectivity index is 2.04. The largest absolute Gasteiger partial charge is 0.207 e. The molecule has 0 saturated heterocycles. The first-order chi connectivity index (χ1) is 7.15. The number of hydrogen-bond donors (Lipinski definition) is 0. The SMILES string of the molecule is Fc1ccc(CC2CCC(Br)C2)c(Cl)c1. The van der Waals surface area contributed by atoms with Crippen molar-refractivity contribution in [3.8, 4) is 0 Å². The van der Waals surface area contributed by atoms with E-state index in [9.17, 15) is 4.39 Å². The van der Waals surface area contributed by atoms with Gasteiger partial charge in [-0.15, -0.1) is 0 Å². The van der Waals surface area contributed by atoms with Gasteiger partial charge < -0.3 is 0 Å². The monoisotopic (exact) mass is 290 g/mol. The van der Waals surface area contributed by atoms with Crippen molar-refractivity contribution < 1.29 is 4.39 Å². The van der Waals surface area contributed by atoms with Crippen LogP contribution >= 0.6 is 27.5 Å². The van der Waals surface area contributed by atoms with Crippen LogP contribution in [0.25, 0.3) is 0 Å². The van der Waals surface area contributed by atoms with Crippen molar-refractivity contribution in [2.75, 3.05) is 0 Å². The summed E-state index contributed by atoms with van der Waals surface area (Å²) in [6.45, 7) is 0. The predicted octanol–water partition coefficient (Wildman–Crippen LogP) is 4.59. The van der Waals surface area contributed by atoms with Gasteiger partial charge in [-0.05, 0) is 49.3 Å². The Morgan fingerprint density at radius 3 is 2.80 bits per heavy atom. The van der Waals surface area contributed by atoms with Crippen LogP contribution in [0.4, 0.5) is 4.39 Å². The molecule has 2 unspecified atom stereocenters. The van der Waals surface area contributed by atoms with Gasteiger partial charge >= 0.3 is 0 Å². The second-order valence-corrected chi connectivity index (χ2v) is 5.92. The molecule has 2 atom stereocenters. The Morgan fingerprint density at radius 1 is 1.40 bits per heavy atom. The normalized spacial score (nSPS) is 25.8. The number of benzene rings is 1. The van der Waals surface area contributed by atoms with Crippen LogP contribution in [0.15, 0.2) is 18.2 Å². The molecule has 0 bridgehead atoms. The van der Waals surface area contributed by atoms with Crippen LogP contribution in [0.2, 0.25) is 5.02 Å². The molecule has 1 saturated carbocycles. The van der Waals surface area contributed by atoms with Gasteiger partial charge in [0.2, 0.25) is 0 Å². The highest BCUT2D eigenvalue weighted by Gasteiger charge is 2.23. The van der Waals surface area contributed by atoms with Crippen molar-refractivity contribution in [1.29, 1.82) is 0 Å². The third kappa shape index (κ3) is 2.94. The molecule has 0 nitrogen and oxygen atoms in total. The fraction of sp³-hybridized carbons (Fsp3) is 0.500. The minimum absolute atomic E-state index is 0.256. The van der Waals surface area contributed by atoms with E-state index in [-0.39, 0.29) is 5.82 Å². The Kier molecular flexibility index (Phi) is 3.68. The summed E-state index contributed by atoms with van der Waals surface area (Å²) in [7, 11) is 0. The first-order valence-electron chi connectivity index (χ1n) is 5.23. The van der Waals surface area contributed by atoms with Crippen LogP contribution in [-0.4, -0.2) is 4.83 Å². The van der Waals surface area contributed by atoms with Gasteiger partial charge in [-0.2, -0.15) is 0 Å². The van der Waals surface area contributed by atoms with Gasteiger partial charge in [0, 0.05) is 9.85 Å². The van der Waals surface area contributed by atoms with Crippen molar-refractivity contribution in [3.05, 3.63) is 34.6 Å². The van der Waals surface area contributed by atoms with Crippen molar-refractivity contribution in [1.82, 2.24) is 0 Å². The quantitative estimate of drug-likeness (QED) is 0.699. The molecule has 1 aromatic rings. The van der Waals surface area contributed by atoms with E-state index in [1.54, 1.807) is 6.07 Å². The maximum Gasteiger partial charge on any atom is 0.124 e. The summed E-state index contributed by atoms with van der Waals surface area (Å²) in [6.07, 6.45) is 4.65. The van der Waals surface area contributed by atoms with Gasteiger partial charge in [0.05, 0.1) is 0 Å². The highest BCUT2D eigenvalue weighted by atomic mass is 79.9. The lowest BCUT2D eigenvalue weighted by Crippen LogP contribution is -2.01. The predicted molar refractivity (Wildman–Crippen MR) is 65.2 cm³/mol. The molecule has 1 fully saturated rings. The van der Waals surface area contributed by atoms with Gasteiger partial charge in [0.25, 0.3) is 0 Å². The van der Waals surface area contributed by atoms with Crippen LogP contribution in [0, 0.1) is 11.7 Å². The van der Waals surface area contributed by atoms with Crippen molar-refractivity contribution >= 4 is 27.5 Å². The summed E-state index contributed by atoms with van der Waals surface area (Å²) in [6, 6.07) is 4.69. The third-order valence-corrected chi connectivity index (χ3v) is 4.18. The van der Waals surface area contributed by atoms with E-state index < -0.39 is 0 Å². The summed E-state index contributed by atoms with van der Waals surface area (Å²) in [5, 5.41) is 0.563. The second-order valence-electron chi connectivity index (χ2n) is 4.22. The van der Waals surface area contributed by atoms with E-state index in [4.69, 9.17) is 11.6 Å². The second kappa shape index (κ2) is 4.84. The summed E-state index contributed by atoms with van der Waals surface area (Å²) >= 11 is 9.62. The zero-order chi connectivity index (χ0) is 10.8. The van der Waals surface area contributed by atoms with Gasteiger partial charge in [0.1, 0.15) is 5.82 Å². The molecule has 0 amide bonds. The van der Waals surface area contributed by atoms with E-state index in [0.29, 0.717) is 15.8 Å². The van der Waals surface area contributed by atoms with Gasteiger partial charge in [0.15, 0.2) is 0 Å². The zero-order valence-electron chi connectivity index (χ0n) is 8.35. The van der Waals surface area contributed by atoms with E-state index >= 15 is 0 Å². The lowest BCUT2D eigenvalue weighted by molar-refractivity contribution is 0.547. The first kappa shape index (κ1) is 11.4. The van der Waals surface area contributed by atoms with E-state index in [1.807, 2.05) is 0 Å².